The number of hydrogen-bond donors (Lipinski definition) is 0. The summed E-state index contributed by atoms with van der Waals surface area (Å²) in [4.78, 5) is 0. The third-order valence-electron chi connectivity index (χ3n) is 2.99. The third kappa shape index (κ3) is 1.11. The van der Waals surface area contributed by atoms with Crippen LogP contribution in [0, 0.1) is 0 Å². The fourth-order valence-electron chi connectivity index (χ4n) is 2.24. The molecule has 0 bridgehead atoms. The molecule has 0 saturated carbocycles. The van der Waals surface area contributed by atoms with Crippen LogP contribution < -0.4 is 4.74 Å². The van der Waals surface area contributed by atoms with Crippen molar-refractivity contribution in [1.82, 2.24) is 4.57 Å². The number of ether oxygens (including phenoxy) is 1. The predicted octanol–water partition coefficient (Wildman–Crippen LogP) is 3.15. The van der Waals surface area contributed by atoms with Gasteiger partial charge in [0, 0.05) is 24.4 Å². The Morgan fingerprint density at radius 1 is 1.20 bits per heavy atom. The zero-order valence-electron chi connectivity index (χ0n) is 8.90. The zero-order valence-corrected chi connectivity index (χ0v) is 8.90. The van der Waals surface area contributed by atoms with Crippen LogP contribution in [0.25, 0.3) is 11.3 Å². The van der Waals surface area contributed by atoms with E-state index in [1.165, 1.54) is 16.8 Å². The van der Waals surface area contributed by atoms with Gasteiger partial charge >= 0.3 is 0 Å². The van der Waals surface area contributed by atoms with Crippen molar-refractivity contribution in [2.24, 2.45) is 7.05 Å². The van der Waals surface area contributed by atoms with Crippen molar-refractivity contribution < 1.29 is 4.74 Å². The van der Waals surface area contributed by atoms with Gasteiger partial charge < -0.3 is 9.30 Å². The van der Waals surface area contributed by atoms with Crippen LogP contribution in [0.5, 0.6) is 5.75 Å². The van der Waals surface area contributed by atoms with Crippen molar-refractivity contribution in [3.05, 3.63) is 42.1 Å². The number of hydrogen-bond acceptors (Lipinski definition) is 1. The standard InChI is InChI=1S/C13H13NO/c1-9-10-7-8-14(2)13(10)11-5-3-4-6-12(11)15-9/h3-9H,1-2H3. The number of aryl methyl sites for hydroxylation is 1. The summed E-state index contributed by atoms with van der Waals surface area (Å²) < 4.78 is 8.02. The first kappa shape index (κ1) is 8.60. The van der Waals surface area contributed by atoms with Crippen LogP contribution in [-0.4, -0.2) is 4.57 Å². The molecule has 0 fully saturated rings. The Hall–Kier alpha value is -1.70. The topological polar surface area (TPSA) is 14.2 Å². The number of nitrogens with zero attached hydrogens (tertiary/aromatic N) is 1. The van der Waals surface area contributed by atoms with E-state index in [9.17, 15) is 0 Å². The number of para-hydroxylation sites is 1. The van der Waals surface area contributed by atoms with Crippen molar-refractivity contribution in [1.29, 1.82) is 0 Å². The highest BCUT2D eigenvalue weighted by Crippen LogP contribution is 2.41. The van der Waals surface area contributed by atoms with Gasteiger partial charge in [0.2, 0.25) is 0 Å². The molecular formula is C13H13NO. The molecule has 1 atom stereocenters. The van der Waals surface area contributed by atoms with Gasteiger partial charge in [-0.15, -0.1) is 0 Å². The van der Waals surface area contributed by atoms with Gasteiger partial charge in [-0.25, -0.2) is 0 Å². The zero-order chi connectivity index (χ0) is 10.4. The molecule has 0 amide bonds. The highest BCUT2D eigenvalue weighted by molar-refractivity contribution is 5.73. The van der Waals surface area contributed by atoms with Gasteiger partial charge in [0.1, 0.15) is 11.9 Å². The molecule has 1 aromatic carbocycles. The molecule has 0 N–H and O–H groups in total. The smallest absolute Gasteiger partial charge is 0.129 e. The summed E-state index contributed by atoms with van der Waals surface area (Å²) in [6.07, 6.45) is 2.24. The van der Waals surface area contributed by atoms with E-state index in [2.05, 4.69) is 42.9 Å². The minimum Gasteiger partial charge on any atom is -0.485 e. The average molecular weight is 199 g/mol. The summed E-state index contributed by atoms with van der Waals surface area (Å²) in [5.41, 5.74) is 3.75. The summed E-state index contributed by atoms with van der Waals surface area (Å²) in [5.74, 6) is 0.985. The van der Waals surface area contributed by atoms with E-state index in [1.807, 2.05) is 12.1 Å². The van der Waals surface area contributed by atoms with E-state index >= 15 is 0 Å². The maximum atomic E-state index is 5.86. The molecule has 1 unspecified atom stereocenters. The first-order valence-corrected chi connectivity index (χ1v) is 5.18. The van der Waals surface area contributed by atoms with Crippen LogP contribution in [0.1, 0.15) is 18.6 Å². The maximum absolute atomic E-state index is 5.86. The van der Waals surface area contributed by atoms with E-state index < -0.39 is 0 Å². The van der Waals surface area contributed by atoms with Crippen LogP contribution in [0.4, 0.5) is 0 Å². The van der Waals surface area contributed by atoms with Crippen LogP contribution in [0.3, 0.4) is 0 Å². The number of rotatable bonds is 0. The highest BCUT2D eigenvalue weighted by Gasteiger charge is 2.24. The van der Waals surface area contributed by atoms with Crippen molar-refractivity contribution >= 4 is 0 Å². The lowest BCUT2D eigenvalue weighted by Gasteiger charge is -2.24. The monoisotopic (exact) mass is 199 g/mol. The molecule has 1 aliphatic rings. The summed E-state index contributed by atoms with van der Waals surface area (Å²) in [6, 6.07) is 10.3. The number of aromatic nitrogens is 1. The Kier molecular flexibility index (Phi) is 1.66. The largest absolute Gasteiger partial charge is 0.485 e. The number of benzene rings is 1. The Bertz CT molecular complexity index is 513. The molecule has 1 aromatic heterocycles. The first-order chi connectivity index (χ1) is 7.27. The second-order valence-electron chi connectivity index (χ2n) is 3.99. The van der Waals surface area contributed by atoms with Crippen molar-refractivity contribution in [2.75, 3.05) is 0 Å². The van der Waals surface area contributed by atoms with Gasteiger partial charge in [-0.05, 0) is 25.1 Å². The van der Waals surface area contributed by atoms with E-state index in [0.29, 0.717) is 0 Å². The molecule has 3 rings (SSSR count). The van der Waals surface area contributed by atoms with Gasteiger partial charge in [-0.3, -0.25) is 0 Å². The molecule has 2 heteroatoms. The lowest BCUT2D eigenvalue weighted by Crippen LogP contribution is -2.10. The summed E-state index contributed by atoms with van der Waals surface area (Å²) in [5, 5.41) is 0. The molecule has 0 spiro atoms. The molecule has 0 saturated heterocycles. The lowest BCUT2D eigenvalue weighted by molar-refractivity contribution is 0.223. The second-order valence-corrected chi connectivity index (χ2v) is 3.99. The van der Waals surface area contributed by atoms with Crippen LogP contribution in [-0.2, 0) is 7.05 Å². The van der Waals surface area contributed by atoms with Crippen molar-refractivity contribution in [3.8, 4) is 17.0 Å². The predicted molar refractivity (Wildman–Crippen MR) is 59.9 cm³/mol. The Morgan fingerprint density at radius 2 is 2.00 bits per heavy atom. The minimum atomic E-state index is 0.149. The van der Waals surface area contributed by atoms with E-state index in [-0.39, 0.29) is 6.10 Å². The lowest BCUT2D eigenvalue weighted by atomic mass is 10.0. The molecule has 2 aromatic rings. The first-order valence-electron chi connectivity index (χ1n) is 5.18. The van der Waals surface area contributed by atoms with Gasteiger partial charge in [-0.2, -0.15) is 0 Å². The normalized spacial score (nSPS) is 17.9. The van der Waals surface area contributed by atoms with Crippen molar-refractivity contribution in [2.45, 2.75) is 13.0 Å². The van der Waals surface area contributed by atoms with Crippen LogP contribution in [0.2, 0.25) is 0 Å². The van der Waals surface area contributed by atoms with Crippen LogP contribution in [0.15, 0.2) is 36.5 Å². The summed E-state index contributed by atoms with van der Waals surface area (Å²) in [6.45, 7) is 2.09. The molecule has 1 aliphatic heterocycles. The molecule has 2 nitrogen and oxygen atoms in total. The van der Waals surface area contributed by atoms with Gasteiger partial charge in [0.05, 0.1) is 5.69 Å². The fraction of sp³-hybridized carbons (Fsp3) is 0.231. The fourth-order valence-corrected chi connectivity index (χ4v) is 2.24. The molecular weight excluding hydrogens is 186 g/mol. The van der Waals surface area contributed by atoms with Gasteiger partial charge in [-0.1, -0.05) is 12.1 Å². The minimum absolute atomic E-state index is 0.149. The molecule has 0 radical (unpaired) electrons. The summed E-state index contributed by atoms with van der Waals surface area (Å²) >= 11 is 0. The molecule has 15 heavy (non-hydrogen) atoms. The Morgan fingerprint density at radius 3 is 2.87 bits per heavy atom. The number of fused-ring (bicyclic) bond motifs is 3. The molecule has 0 aliphatic carbocycles. The highest BCUT2D eigenvalue weighted by atomic mass is 16.5. The van der Waals surface area contributed by atoms with Gasteiger partial charge in [0.15, 0.2) is 0 Å². The Labute approximate surface area is 89.1 Å². The second kappa shape index (κ2) is 2.89. The SMILES string of the molecule is CC1Oc2ccccc2-c2c1ccn2C. The average Bonchev–Trinajstić information content (AvgIpc) is 2.62. The van der Waals surface area contributed by atoms with Crippen LogP contribution >= 0.6 is 0 Å². The molecule has 76 valence electrons. The third-order valence-corrected chi connectivity index (χ3v) is 2.99. The van der Waals surface area contributed by atoms with E-state index in [1.54, 1.807) is 0 Å². The quantitative estimate of drug-likeness (QED) is 0.635. The van der Waals surface area contributed by atoms with Gasteiger partial charge in [0.25, 0.3) is 0 Å². The maximum Gasteiger partial charge on any atom is 0.129 e. The van der Waals surface area contributed by atoms with E-state index in [0.717, 1.165) is 5.75 Å². The Balaban J connectivity index is 2.33. The van der Waals surface area contributed by atoms with Crippen molar-refractivity contribution in [3.63, 3.8) is 0 Å². The summed E-state index contributed by atoms with van der Waals surface area (Å²) in [7, 11) is 2.08. The molecule has 2 heterocycles. The van der Waals surface area contributed by atoms with E-state index in [4.69, 9.17) is 4.74 Å².